The van der Waals surface area contributed by atoms with Gasteiger partial charge in [0.1, 0.15) is 18.1 Å². The molecule has 9 nitrogen and oxygen atoms in total. The Morgan fingerprint density at radius 1 is 1.19 bits per heavy atom. The number of fused-ring (bicyclic) bond motifs is 1. The highest BCUT2D eigenvalue weighted by atomic mass is 19.4. The van der Waals surface area contributed by atoms with Gasteiger partial charge in [0, 0.05) is 25.4 Å². The normalized spacial score (nSPS) is 28.0. The van der Waals surface area contributed by atoms with Crippen molar-refractivity contribution in [2.45, 2.75) is 70.0 Å². The molecule has 0 aromatic heterocycles. The molecule has 1 saturated carbocycles. The van der Waals surface area contributed by atoms with Crippen LogP contribution in [-0.4, -0.2) is 72.1 Å². The van der Waals surface area contributed by atoms with Gasteiger partial charge in [0.15, 0.2) is 0 Å². The molecular formula is C22H27F6N5O4. The Morgan fingerprint density at radius 2 is 1.84 bits per heavy atom. The minimum Gasteiger partial charge on any atom is -0.356 e. The predicted molar refractivity (Wildman–Crippen MR) is 113 cm³/mol. The van der Waals surface area contributed by atoms with Crippen LogP contribution in [0.2, 0.25) is 0 Å². The van der Waals surface area contributed by atoms with Crippen LogP contribution in [0.4, 0.5) is 26.3 Å². The third-order valence-corrected chi connectivity index (χ3v) is 7.49. The molecule has 2 heterocycles. The van der Waals surface area contributed by atoms with Gasteiger partial charge in [-0.2, -0.15) is 31.6 Å². The van der Waals surface area contributed by atoms with Gasteiger partial charge in [-0.05, 0) is 36.5 Å². The van der Waals surface area contributed by atoms with Gasteiger partial charge in [-0.3, -0.25) is 19.2 Å². The Morgan fingerprint density at radius 3 is 2.35 bits per heavy atom. The van der Waals surface area contributed by atoms with Gasteiger partial charge in [0.2, 0.25) is 17.7 Å². The summed E-state index contributed by atoms with van der Waals surface area (Å²) in [4.78, 5) is 50.6. The molecule has 2 saturated heterocycles. The van der Waals surface area contributed by atoms with Gasteiger partial charge in [0.05, 0.1) is 6.07 Å². The van der Waals surface area contributed by atoms with Crippen molar-refractivity contribution in [2.24, 2.45) is 23.2 Å². The zero-order valence-electron chi connectivity index (χ0n) is 20.0. The van der Waals surface area contributed by atoms with Crippen molar-refractivity contribution in [1.82, 2.24) is 20.9 Å². The Bertz CT molecular complexity index is 992. The van der Waals surface area contributed by atoms with E-state index < -0.39 is 78.3 Å². The van der Waals surface area contributed by atoms with E-state index in [9.17, 15) is 50.8 Å². The van der Waals surface area contributed by atoms with Crippen LogP contribution in [0.5, 0.6) is 0 Å². The maximum Gasteiger partial charge on any atom is 0.471 e. The SMILES string of the molecule is CC1(C)[C@@H]2[C@@H](C(=O)N[C@H](C#N)C[C@@H]3CCNC3=O)N(C(=O)C(CCC(F)(F)F)NC(=O)C(F)(F)F)C[C@@H]21. The van der Waals surface area contributed by atoms with Gasteiger partial charge in [-0.1, -0.05) is 13.8 Å². The molecule has 0 aromatic carbocycles. The van der Waals surface area contributed by atoms with Crippen LogP contribution < -0.4 is 16.0 Å². The zero-order valence-corrected chi connectivity index (χ0v) is 20.0. The first-order chi connectivity index (χ1) is 17.0. The lowest BCUT2D eigenvalue weighted by Crippen LogP contribution is -2.58. The zero-order chi connectivity index (χ0) is 27.9. The van der Waals surface area contributed by atoms with Crippen molar-refractivity contribution in [1.29, 1.82) is 5.26 Å². The van der Waals surface area contributed by atoms with E-state index in [4.69, 9.17) is 0 Å². The topological polar surface area (TPSA) is 131 Å². The molecule has 4 amide bonds. The number of alkyl halides is 6. The number of carbonyl (C=O) groups is 4. The molecule has 0 spiro atoms. The minimum atomic E-state index is -5.44. The third kappa shape index (κ3) is 6.27. The van der Waals surface area contributed by atoms with Crippen molar-refractivity contribution < 1.29 is 45.5 Å². The van der Waals surface area contributed by atoms with Gasteiger partial charge >= 0.3 is 18.3 Å². The van der Waals surface area contributed by atoms with Crippen LogP contribution in [0.1, 0.15) is 39.5 Å². The first-order valence-corrected chi connectivity index (χ1v) is 11.7. The van der Waals surface area contributed by atoms with E-state index in [0.717, 1.165) is 4.90 Å². The number of carbonyl (C=O) groups excluding carboxylic acids is 4. The highest BCUT2D eigenvalue weighted by Crippen LogP contribution is 2.65. The Hall–Kier alpha value is -3.05. The largest absolute Gasteiger partial charge is 0.471 e. The predicted octanol–water partition coefficient (Wildman–Crippen LogP) is 1.39. The average Bonchev–Trinajstić information content (AvgIpc) is 3.14. The summed E-state index contributed by atoms with van der Waals surface area (Å²) in [5.41, 5.74) is -0.442. The van der Waals surface area contributed by atoms with Gasteiger partial charge in [0.25, 0.3) is 0 Å². The number of nitriles is 1. The number of amides is 4. The molecule has 1 aliphatic carbocycles. The third-order valence-electron chi connectivity index (χ3n) is 7.49. The Labute approximate surface area is 208 Å². The average molecular weight is 539 g/mol. The highest BCUT2D eigenvalue weighted by Gasteiger charge is 2.69. The van der Waals surface area contributed by atoms with Gasteiger partial charge in [-0.25, -0.2) is 0 Å². The number of hydrogen-bond donors (Lipinski definition) is 3. The quantitative estimate of drug-likeness (QED) is 0.402. The van der Waals surface area contributed by atoms with Crippen molar-refractivity contribution in [2.75, 3.05) is 13.1 Å². The maximum atomic E-state index is 13.2. The summed E-state index contributed by atoms with van der Waals surface area (Å²) in [5, 5.41) is 15.9. The van der Waals surface area contributed by atoms with Gasteiger partial charge in [-0.15, -0.1) is 0 Å². The van der Waals surface area contributed by atoms with E-state index in [1.54, 1.807) is 0 Å². The second-order valence-corrected chi connectivity index (χ2v) is 10.3. The summed E-state index contributed by atoms with van der Waals surface area (Å²) < 4.78 is 76.8. The first kappa shape index (κ1) is 28.5. The minimum absolute atomic E-state index is 0.00206. The summed E-state index contributed by atoms with van der Waals surface area (Å²) in [7, 11) is 0. The van der Waals surface area contributed by atoms with Crippen LogP contribution in [0.15, 0.2) is 0 Å². The van der Waals surface area contributed by atoms with E-state index in [2.05, 4.69) is 10.6 Å². The monoisotopic (exact) mass is 539 g/mol. The van der Waals surface area contributed by atoms with Gasteiger partial charge < -0.3 is 20.9 Å². The van der Waals surface area contributed by atoms with Crippen LogP contribution in [0.25, 0.3) is 0 Å². The molecule has 3 fully saturated rings. The number of halogens is 6. The molecule has 3 aliphatic rings. The summed E-state index contributed by atoms with van der Waals surface area (Å²) in [6, 6.07) is -2.66. The number of nitrogens with one attached hydrogen (secondary N) is 3. The molecule has 3 N–H and O–H groups in total. The molecule has 206 valence electrons. The molecule has 1 unspecified atom stereocenters. The van der Waals surface area contributed by atoms with E-state index in [-0.39, 0.29) is 24.8 Å². The molecule has 0 radical (unpaired) electrons. The summed E-state index contributed by atoms with van der Waals surface area (Å²) >= 11 is 0. The Kier molecular flexibility index (Phi) is 7.72. The smallest absolute Gasteiger partial charge is 0.356 e. The van der Waals surface area contributed by atoms with Crippen LogP contribution in [-0.2, 0) is 19.2 Å². The number of nitrogens with zero attached hydrogens (tertiary/aromatic N) is 2. The Balaban J connectivity index is 1.79. The lowest BCUT2D eigenvalue weighted by Gasteiger charge is -2.33. The van der Waals surface area contributed by atoms with Crippen molar-refractivity contribution in [3.8, 4) is 6.07 Å². The lowest BCUT2D eigenvalue weighted by molar-refractivity contribution is -0.176. The molecule has 3 rings (SSSR count). The molecular weight excluding hydrogens is 512 g/mol. The van der Waals surface area contributed by atoms with Crippen molar-refractivity contribution >= 4 is 23.6 Å². The number of hydrogen-bond acceptors (Lipinski definition) is 5. The van der Waals surface area contributed by atoms with Crippen LogP contribution in [0, 0.1) is 34.5 Å². The summed E-state index contributed by atoms with van der Waals surface area (Å²) in [5.74, 6) is -6.11. The van der Waals surface area contributed by atoms with E-state index in [1.165, 1.54) is 5.32 Å². The molecule has 6 atom stereocenters. The summed E-state index contributed by atoms with van der Waals surface area (Å²) in [6.45, 7) is 3.92. The second-order valence-electron chi connectivity index (χ2n) is 10.3. The fourth-order valence-corrected chi connectivity index (χ4v) is 5.37. The van der Waals surface area contributed by atoms with Crippen molar-refractivity contribution in [3.63, 3.8) is 0 Å². The highest BCUT2D eigenvalue weighted by molar-refractivity contribution is 5.94. The number of likely N-dealkylation sites (tertiary alicyclic amines) is 1. The molecule has 15 heteroatoms. The van der Waals surface area contributed by atoms with E-state index in [1.807, 2.05) is 19.9 Å². The molecule has 0 aromatic rings. The standard InChI is InChI=1S/C22H27F6N5O4/c1-20(2)12-9-33(18(36)13(3-5-21(23,24)25)32-19(37)22(26,27)28)15(14(12)20)17(35)31-11(8-29)7-10-4-6-30-16(10)34/h10-15H,3-7,9H2,1-2H3,(H,30,34)(H,31,35)(H,32,37)/t10-,11-,12-,13?,14-,15-/m0/s1. The molecule has 0 bridgehead atoms. The van der Waals surface area contributed by atoms with E-state index >= 15 is 0 Å². The molecule has 2 aliphatic heterocycles. The molecule has 37 heavy (non-hydrogen) atoms. The van der Waals surface area contributed by atoms with E-state index in [0.29, 0.717) is 13.0 Å². The maximum absolute atomic E-state index is 13.2. The first-order valence-electron chi connectivity index (χ1n) is 11.7. The lowest BCUT2D eigenvalue weighted by atomic mass is 9.97. The van der Waals surface area contributed by atoms with Crippen LogP contribution >= 0.6 is 0 Å². The van der Waals surface area contributed by atoms with Crippen molar-refractivity contribution in [3.05, 3.63) is 0 Å². The van der Waals surface area contributed by atoms with Crippen LogP contribution in [0.3, 0.4) is 0 Å². The number of piperidine rings is 1. The fourth-order valence-electron chi connectivity index (χ4n) is 5.37. The summed E-state index contributed by atoms with van der Waals surface area (Å²) in [6.07, 6.45) is -12.6. The second kappa shape index (κ2) is 10.0. The fraction of sp³-hybridized carbons (Fsp3) is 0.773. The number of rotatable bonds is 8.